The summed E-state index contributed by atoms with van der Waals surface area (Å²) in [7, 11) is 0. The minimum Gasteiger partial charge on any atom is -0.380 e. The van der Waals surface area contributed by atoms with E-state index in [9.17, 15) is 18.3 Å². The summed E-state index contributed by atoms with van der Waals surface area (Å²) >= 11 is 0. The molecule has 2 nitrogen and oxygen atoms in total. The minimum atomic E-state index is -4.48. The third-order valence-corrected chi connectivity index (χ3v) is 2.66. The fourth-order valence-corrected chi connectivity index (χ4v) is 1.52. The molecule has 0 aromatic carbocycles. The average Bonchev–Trinajstić information content (AvgIpc) is 2.04. The number of hydrogen-bond acceptors (Lipinski definition) is 2. The summed E-state index contributed by atoms with van der Waals surface area (Å²) in [5.74, 6) is 0. The van der Waals surface area contributed by atoms with E-state index < -0.39 is 11.8 Å². The lowest BCUT2D eigenvalue weighted by Crippen LogP contribution is -2.53. The molecule has 78 valence electrons. The summed E-state index contributed by atoms with van der Waals surface area (Å²) in [4.78, 5) is 1.90. The lowest BCUT2D eigenvalue weighted by molar-refractivity contribution is -0.272. The molecular formula is C8H14F3NO. The Morgan fingerprint density at radius 2 is 1.77 bits per heavy atom. The van der Waals surface area contributed by atoms with Crippen LogP contribution < -0.4 is 0 Å². The van der Waals surface area contributed by atoms with Crippen molar-refractivity contribution in [2.75, 3.05) is 19.6 Å². The maximum atomic E-state index is 12.3. The molecule has 1 heterocycles. The maximum Gasteiger partial charge on any atom is 0.417 e. The van der Waals surface area contributed by atoms with Gasteiger partial charge in [0.2, 0.25) is 0 Å². The van der Waals surface area contributed by atoms with Gasteiger partial charge in [0.25, 0.3) is 0 Å². The van der Waals surface area contributed by atoms with Gasteiger partial charge >= 0.3 is 6.18 Å². The van der Waals surface area contributed by atoms with Crippen LogP contribution in [0.3, 0.4) is 0 Å². The van der Waals surface area contributed by atoms with Crippen LogP contribution >= 0.6 is 0 Å². The van der Waals surface area contributed by atoms with Gasteiger partial charge in [-0.25, -0.2) is 0 Å². The molecule has 0 aromatic heterocycles. The number of rotatable bonds is 1. The summed E-state index contributed by atoms with van der Waals surface area (Å²) in [6, 6.07) is 0. The number of likely N-dealkylation sites (tertiary alicyclic amines) is 1. The molecular weight excluding hydrogens is 183 g/mol. The fourth-order valence-electron chi connectivity index (χ4n) is 1.52. The second-order valence-electron chi connectivity index (χ2n) is 3.46. The summed E-state index contributed by atoms with van der Waals surface area (Å²) in [6.07, 6.45) is -4.89. The molecule has 1 aliphatic rings. The lowest BCUT2D eigenvalue weighted by Gasteiger charge is -2.38. The van der Waals surface area contributed by atoms with Crippen LogP contribution in [0.25, 0.3) is 0 Å². The van der Waals surface area contributed by atoms with E-state index >= 15 is 0 Å². The van der Waals surface area contributed by atoms with E-state index in [2.05, 4.69) is 0 Å². The normalized spacial score (nSPS) is 24.7. The standard InChI is InChI=1S/C8H14F3NO/c1-2-12-5-3-7(13,4-6-12)8(9,10)11/h13H,2-6H2,1H3. The van der Waals surface area contributed by atoms with E-state index in [1.54, 1.807) is 0 Å². The molecule has 0 unspecified atom stereocenters. The van der Waals surface area contributed by atoms with Gasteiger partial charge < -0.3 is 10.0 Å². The lowest BCUT2D eigenvalue weighted by atomic mass is 9.91. The monoisotopic (exact) mass is 197 g/mol. The zero-order valence-corrected chi connectivity index (χ0v) is 7.56. The molecule has 0 bridgehead atoms. The summed E-state index contributed by atoms with van der Waals surface area (Å²) in [5.41, 5.74) is -2.45. The molecule has 1 saturated heterocycles. The second-order valence-corrected chi connectivity index (χ2v) is 3.46. The van der Waals surface area contributed by atoms with Crippen LogP contribution in [0.5, 0.6) is 0 Å². The Balaban J connectivity index is 2.57. The maximum absolute atomic E-state index is 12.3. The molecule has 13 heavy (non-hydrogen) atoms. The van der Waals surface area contributed by atoms with Crippen molar-refractivity contribution in [1.82, 2.24) is 4.90 Å². The Morgan fingerprint density at radius 1 is 1.31 bits per heavy atom. The first-order valence-corrected chi connectivity index (χ1v) is 4.40. The van der Waals surface area contributed by atoms with Gasteiger partial charge in [0.1, 0.15) is 0 Å². The van der Waals surface area contributed by atoms with Gasteiger partial charge in [-0.05, 0) is 19.4 Å². The molecule has 1 aliphatic heterocycles. The van der Waals surface area contributed by atoms with Crippen molar-refractivity contribution in [2.45, 2.75) is 31.5 Å². The second kappa shape index (κ2) is 3.46. The Hall–Kier alpha value is -0.290. The number of hydrogen-bond donors (Lipinski definition) is 1. The topological polar surface area (TPSA) is 23.5 Å². The molecule has 0 aromatic rings. The van der Waals surface area contributed by atoms with Gasteiger partial charge in [0.15, 0.2) is 5.60 Å². The van der Waals surface area contributed by atoms with Crippen LogP contribution in [0.2, 0.25) is 0 Å². The third-order valence-electron chi connectivity index (χ3n) is 2.66. The van der Waals surface area contributed by atoms with Crippen molar-refractivity contribution in [3.8, 4) is 0 Å². The number of piperidine rings is 1. The van der Waals surface area contributed by atoms with Crippen LogP contribution in [0.15, 0.2) is 0 Å². The average molecular weight is 197 g/mol. The number of alkyl halides is 3. The van der Waals surface area contributed by atoms with Crippen molar-refractivity contribution >= 4 is 0 Å². The van der Waals surface area contributed by atoms with Crippen LogP contribution in [-0.2, 0) is 0 Å². The Bertz CT molecular complexity index is 173. The Kier molecular flexibility index (Phi) is 2.87. The quantitative estimate of drug-likeness (QED) is 0.686. The first-order chi connectivity index (χ1) is 5.89. The molecule has 0 amide bonds. The fraction of sp³-hybridized carbons (Fsp3) is 1.00. The largest absolute Gasteiger partial charge is 0.417 e. The molecule has 1 N–H and O–H groups in total. The molecule has 0 spiro atoms. The van der Waals surface area contributed by atoms with Crippen molar-refractivity contribution in [3.05, 3.63) is 0 Å². The van der Waals surface area contributed by atoms with Crippen molar-refractivity contribution in [2.24, 2.45) is 0 Å². The van der Waals surface area contributed by atoms with Gasteiger partial charge in [0.05, 0.1) is 0 Å². The van der Waals surface area contributed by atoms with Crippen molar-refractivity contribution in [1.29, 1.82) is 0 Å². The smallest absolute Gasteiger partial charge is 0.380 e. The molecule has 1 fully saturated rings. The highest BCUT2D eigenvalue weighted by Crippen LogP contribution is 2.38. The minimum absolute atomic E-state index is 0.204. The van der Waals surface area contributed by atoms with Gasteiger partial charge in [-0.3, -0.25) is 0 Å². The SMILES string of the molecule is CCN1CCC(O)(C(F)(F)F)CC1. The number of nitrogens with zero attached hydrogens (tertiary/aromatic N) is 1. The van der Waals surface area contributed by atoms with Crippen LogP contribution in [0.4, 0.5) is 13.2 Å². The predicted molar refractivity (Wildman–Crippen MR) is 42.4 cm³/mol. The first-order valence-electron chi connectivity index (χ1n) is 4.40. The van der Waals surface area contributed by atoms with Crippen LogP contribution in [0, 0.1) is 0 Å². The van der Waals surface area contributed by atoms with Crippen molar-refractivity contribution < 1.29 is 18.3 Å². The third kappa shape index (κ3) is 2.14. The molecule has 0 atom stereocenters. The van der Waals surface area contributed by atoms with E-state index in [0.29, 0.717) is 13.1 Å². The predicted octanol–water partition coefficient (Wildman–Crippen LogP) is 1.40. The van der Waals surface area contributed by atoms with E-state index in [1.807, 2.05) is 11.8 Å². The number of aliphatic hydroxyl groups is 1. The highest BCUT2D eigenvalue weighted by atomic mass is 19.4. The summed E-state index contributed by atoms with van der Waals surface area (Å²) in [5, 5.41) is 9.27. The zero-order chi connectivity index (χ0) is 10.1. The van der Waals surface area contributed by atoms with Crippen LogP contribution in [-0.4, -0.2) is 41.4 Å². The summed E-state index contributed by atoms with van der Waals surface area (Å²) < 4.78 is 36.9. The Labute approximate surface area is 75.3 Å². The highest BCUT2D eigenvalue weighted by Gasteiger charge is 2.54. The van der Waals surface area contributed by atoms with E-state index in [-0.39, 0.29) is 12.8 Å². The molecule has 0 saturated carbocycles. The van der Waals surface area contributed by atoms with Gasteiger partial charge in [0, 0.05) is 13.1 Å². The van der Waals surface area contributed by atoms with Gasteiger partial charge in [-0.1, -0.05) is 6.92 Å². The van der Waals surface area contributed by atoms with E-state index in [1.165, 1.54) is 0 Å². The molecule has 5 heteroatoms. The molecule has 0 radical (unpaired) electrons. The van der Waals surface area contributed by atoms with Crippen LogP contribution in [0.1, 0.15) is 19.8 Å². The van der Waals surface area contributed by atoms with Crippen molar-refractivity contribution in [3.63, 3.8) is 0 Å². The van der Waals surface area contributed by atoms with Gasteiger partial charge in [-0.2, -0.15) is 13.2 Å². The first kappa shape index (κ1) is 10.8. The Morgan fingerprint density at radius 3 is 2.08 bits per heavy atom. The zero-order valence-electron chi connectivity index (χ0n) is 7.56. The van der Waals surface area contributed by atoms with Gasteiger partial charge in [-0.15, -0.1) is 0 Å². The highest BCUT2D eigenvalue weighted by molar-refractivity contribution is 4.91. The molecule has 0 aliphatic carbocycles. The van der Waals surface area contributed by atoms with E-state index in [0.717, 1.165) is 6.54 Å². The molecule has 1 rings (SSSR count). The van der Waals surface area contributed by atoms with E-state index in [4.69, 9.17) is 0 Å². The number of halogens is 3. The summed E-state index contributed by atoms with van der Waals surface area (Å²) in [6.45, 7) is 3.30.